The summed E-state index contributed by atoms with van der Waals surface area (Å²) < 4.78 is 0. The summed E-state index contributed by atoms with van der Waals surface area (Å²) in [7, 11) is 0. The minimum absolute atomic E-state index is 0.0237. The fourth-order valence-electron chi connectivity index (χ4n) is 6.16. The Morgan fingerprint density at radius 2 is 1.59 bits per heavy atom. The predicted molar refractivity (Wildman–Crippen MR) is 205 cm³/mol. The number of nitrogens with one attached hydrogen (secondary N) is 5. The number of fused-ring (bicyclic) bond motifs is 1. The van der Waals surface area contributed by atoms with Crippen LogP contribution in [0.3, 0.4) is 0 Å². The second kappa shape index (κ2) is 24.8. The summed E-state index contributed by atoms with van der Waals surface area (Å²) in [5.74, 6) is -6.03. The van der Waals surface area contributed by atoms with Gasteiger partial charge in [-0.1, -0.05) is 31.9 Å². The monoisotopic (exact) mass is 756 g/mol. The molecule has 300 valence electrons. The quantitative estimate of drug-likeness (QED) is 0.0536. The fourth-order valence-corrected chi connectivity index (χ4v) is 6.16. The van der Waals surface area contributed by atoms with E-state index in [0.717, 1.165) is 41.3 Å². The standard InChI is InChI=1S/C39H60N6O9/c1-4-5-8-30(40)23-41-16-14-34(42-15-7-10-32(48)24-43-26(3)46)36(49)20-27(18-28-21-44-35-17-25(2)12-13-33(28)35)38(52)45-22-29(39(53)54)19-31(47)9-6-11-37(50)51/h12-13,17,21,27,29-30,34,41-42,44H,4-11,14-16,18-20,22-24,40H2,1-3H3,(H,43,46)(H,45,52)(H,50,51)(H,53,54)/t27-,29+,30-,34-/m0/s1. The number of Topliss-reactive ketones (excluding diaryl/α,β-unsaturated/α-hetero) is 3. The van der Waals surface area contributed by atoms with Crippen LogP contribution in [0.4, 0.5) is 0 Å². The normalized spacial score (nSPS) is 13.5. The lowest BCUT2D eigenvalue weighted by Gasteiger charge is -2.23. The number of benzene rings is 1. The number of aliphatic carboxylic acids is 2. The van der Waals surface area contributed by atoms with E-state index in [-0.39, 0.29) is 81.6 Å². The summed E-state index contributed by atoms with van der Waals surface area (Å²) in [6.07, 6.45) is 5.21. The van der Waals surface area contributed by atoms with E-state index in [4.69, 9.17) is 10.8 Å². The zero-order valence-electron chi connectivity index (χ0n) is 32.0. The summed E-state index contributed by atoms with van der Waals surface area (Å²) in [5, 5.41) is 31.3. The van der Waals surface area contributed by atoms with E-state index >= 15 is 0 Å². The van der Waals surface area contributed by atoms with Crippen LogP contribution in [0.15, 0.2) is 24.4 Å². The number of rotatable bonds is 30. The summed E-state index contributed by atoms with van der Waals surface area (Å²) in [5.41, 5.74) is 8.95. The van der Waals surface area contributed by atoms with Gasteiger partial charge in [-0.15, -0.1) is 0 Å². The van der Waals surface area contributed by atoms with E-state index in [9.17, 15) is 38.7 Å². The molecule has 0 saturated heterocycles. The highest BCUT2D eigenvalue weighted by atomic mass is 16.4. The number of amides is 2. The van der Waals surface area contributed by atoms with Crippen LogP contribution in [0.2, 0.25) is 0 Å². The first kappa shape index (κ1) is 45.7. The Hall–Kier alpha value is -4.47. The van der Waals surface area contributed by atoms with Gasteiger partial charge in [0.05, 0.1) is 18.5 Å². The molecule has 0 radical (unpaired) electrons. The molecule has 0 fully saturated rings. The first-order chi connectivity index (χ1) is 25.7. The average Bonchev–Trinajstić information content (AvgIpc) is 3.51. The number of carbonyl (C=O) groups excluding carboxylic acids is 5. The minimum atomic E-state index is -1.27. The van der Waals surface area contributed by atoms with Crippen molar-refractivity contribution in [3.8, 4) is 0 Å². The van der Waals surface area contributed by atoms with Crippen LogP contribution in [0.25, 0.3) is 10.9 Å². The maximum atomic E-state index is 14.0. The van der Waals surface area contributed by atoms with Crippen molar-refractivity contribution in [1.82, 2.24) is 26.3 Å². The van der Waals surface area contributed by atoms with E-state index in [0.29, 0.717) is 32.5 Å². The van der Waals surface area contributed by atoms with E-state index in [1.807, 2.05) is 25.1 Å². The number of aromatic nitrogens is 1. The number of hydrogen-bond donors (Lipinski definition) is 8. The molecule has 0 spiro atoms. The number of hydrogen-bond acceptors (Lipinski definition) is 10. The van der Waals surface area contributed by atoms with Crippen molar-refractivity contribution in [3.05, 3.63) is 35.5 Å². The number of aromatic amines is 1. The molecule has 0 aliphatic heterocycles. The van der Waals surface area contributed by atoms with Crippen molar-refractivity contribution in [2.24, 2.45) is 17.6 Å². The van der Waals surface area contributed by atoms with Crippen LogP contribution >= 0.6 is 0 Å². The number of H-pyrrole nitrogens is 1. The number of unbranched alkanes of at least 4 members (excludes halogenated alkanes) is 1. The van der Waals surface area contributed by atoms with Gasteiger partial charge in [-0.25, -0.2) is 0 Å². The number of ketones is 3. The molecule has 0 unspecified atom stereocenters. The average molecular weight is 757 g/mol. The van der Waals surface area contributed by atoms with Crippen molar-refractivity contribution < 1.29 is 43.8 Å². The van der Waals surface area contributed by atoms with Crippen LogP contribution in [-0.2, 0) is 40.0 Å². The largest absolute Gasteiger partial charge is 0.481 e. The predicted octanol–water partition coefficient (Wildman–Crippen LogP) is 2.57. The van der Waals surface area contributed by atoms with Gasteiger partial charge in [-0.05, 0) is 69.3 Å². The molecule has 4 atom stereocenters. The Morgan fingerprint density at radius 1 is 0.852 bits per heavy atom. The molecule has 1 aromatic heterocycles. The molecule has 0 saturated carbocycles. The first-order valence-electron chi connectivity index (χ1n) is 19.0. The summed E-state index contributed by atoms with van der Waals surface area (Å²) >= 11 is 0. The van der Waals surface area contributed by atoms with Crippen molar-refractivity contribution in [2.75, 3.05) is 32.7 Å². The summed E-state index contributed by atoms with van der Waals surface area (Å²) in [6.45, 7) is 6.39. The van der Waals surface area contributed by atoms with Crippen LogP contribution in [0.5, 0.6) is 0 Å². The van der Waals surface area contributed by atoms with Gasteiger partial charge in [0.1, 0.15) is 5.78 Å². The second-order valence-corrected chi connectivity index (χ2v) is 14.2. The van der Waals surface area contributed by atoms with Gasteiger partial charge in [0.2, 0.25) is 11.8 Å². The number of nitrogens with two attached hydrogens (primary N) is 1. The van der Waals surface area contributed by atoms with Gasteiger partial charge in [0, 0.05) is 81.2 Å². The number of carboxylic acids is 2. The molecule has 0 aliphatic carbocycles. The number of carboxylic acid groups (broad SMARTS) is 2. The SMILES string of the molecule is CCCC[C@H](N)CNCC[C@H](NCCCC(=O)CNC(C)=O)C(=O)C[C@H](Cc1c[nH]c2cc(C)ccc12)C(=O)NC[C@@H](CC(=O)CCCC(=O)O)C(=O)O. The molecule has 15 heteroatoms. The molecule has 2 rings (SSSR count). The maximum absolute atomic E-state index is 14.0. The van der Waals surface area contributed by atoms with E-state index < -0.39 is 41.5 Å². The van der Waals surface area contributed by atoms with Gasteiger partial charge >= 0.3 is 11.9 Å². The molecule has 9 N–H and O–H groups in total. The molecular formula is C39H60N6O9. The molecular weight excluding hydrogens is 696 g/mol. The minimum Gasteiger partial charge on any atom is -0.481 e. The Morgan fingerprint density at radius 3 is 2.28 bits per heavy atom. The maximum Gasteiger partial charge on any atom is 0.308 e. The second-order valence-electron chi connectivity index (χ2n) is 14.2. The Kier molecular flexibility index (Phi) is 21.0. The van der Waals surface area contributed by atoms with E-state index in [1.54, 1.807) is 6.20 Å². The van der Waals surface area contributed by atoms with Gasteiger partial charge in [-0.3, -0.25) is 33.6 Å². The third-order valence-corrected chi connectivity index (χ3v) is 9.29. The lowest BCUT2D eigenvalue weighted by atomic mass is 9.90. The molecule has 54 heavy (non-hydrogen) atoms. The molecule has 2 aromatic rings. The van der Waals surface area contributed by atoms with Gasteiger partial charge in [0.15, 0.2) is 11.6 Å². The van der Waals surface area contributed by atoms with Gasteiger partial charge in [-0.2, -0.15) is 0 Å². The zero-order chi connectivity index (χ0) is 40.0. The number of carbonyl (C=O) groups is 7. The highest BCUT2D eigenvalue weighted by molar-refractivity contribution is 5.91. The molecule has 2 amide bonds. The smallest absolute Gasteiger partial charge is 0.308 e. The van der Waals surface area contributed by atoms with Gasteiger partial charge in [0.25, 0.3) is 0 Å². The third-order valence-electron chi connectivity index (χ3n) is 9.29. The van der Waals surface area contributed by atoms with Crippen molar-refractivity contribution in [3.63, 3.8) is 0 Å². The highest BCUT2D eigenvalue weighted by Crippen LogP contribution is 2.24. The molecule has 1 heterocycles. The van der Waals surface area contributed by atoms with Crippen LogP contribution < -0.4 is 27.0 Å². The lowest BCUT2D eigenvalue weighted by molar-refractivity contribution is -0.144. The molecule has 0 bridgehead atoms. The highest BCUT2D eigenvalue weighted by Gasteiger charge is 2.29. The van der Waals surface area contributed by atoms with Crippen molar-refractivity contribution in [1.29, 1.82) is 0 Å². The molecule has 1 aromatic carbocycles. The van der Waals surface area contributed by atoms with Gasteiger partial charge < -0.3 is 42.2 Å². The summed E-state index contributed by atoms with van der Waals surface area (Å²) in [6, 6.07) is 5.19. The lowest BCUT2D eigenvalue weighted by Crippen LogP contribution is -2.44. The third kappa shape index (κ3) is 18.0. The fraction of sp³-hybridized carbons (Fsp3) is 0.615. The van der Waals surface area contributed by atoms with Crippen LogP contribution in [-0.4, -0.2) is 101 Å². The summed E-state index contributed by atoms with van der Waals surface area (Å²) in [4.78, 5) is 89.7. The van der Waals surface area contributed by atoms with E-state index in [2.05, 4.69) is 33.2 Å². The topological polar surface area (TPSA) is 250 Å². The zero-order valence-corrected chi connectivity index (χ0v) is 32.0. The number of aryl methyl sites for hydroxylation is 1. The first-order valence-corrected chi connectivity index (χ1v) is 19.0. The van der Waals surface area contributed by atoms with Crippen molar-refractivity contribution in [2.45, 2.75) is 110 Å². The molecule has 0 aliphatic rings. The Labute approximate surface area is 317 Å². The Balaban J connectivity index is 2.22. The molecule has 15 nitrogen and oxygen atoms in total. The van der Waals surface area contributed by atoms with Crippen LogP contribution in [0, 0.1) is 18.8 Å². The Bertz CT molecular complexity index is 1560. The van der Waals surface area contributed by atoms with E-state index in [1.165, 1.54) is 6.92 Å². The van der Waals surface area contributed by atoms with Crippen LogP contribution in [0.1, 0.15) is 95.6 Å². The van der Waals surface area contributed by atoms with Crippen molar-refractivity contribution >= 4 is 52.0 Å².